The fraction of sp³-hybridized carbons (Fsp3) is 0.333. The first-order chi connectivity index (χ1) is 13.9. The molecule has 5 nitrogen and oxygen atoms in total. The highest BCUT2D eigenvalue weighted by atomic mass is 16.6. The molecule has 0 aliphatic carbocycles. The molecule has 2 atom stereocenters. The summed E-state index contributed by atoms with van der Waals surface area (Å²) in [5.74, 6) is 0.877. The molecule has 29 heavy (non-hydrogen) atoms. The number of likely N-dealkylation sites (tertiary alicyclic amines) is 1. The van der Waals surface area contributed by atoms with Crippen LogP contribution in [-0.2, 0) is 4.74 Å². The molecule has 2 unspecified atom stereocenters. The van der Waals surface area contributed by atoms with E-state index in [0.717, 1.165) is 22.1 Å². The van der Waals surface area contributed by atoms with Crippen LogP contribution in [0.1, 0.15) is 32.3 Å². The normalized spacial score (nSPS) is 19.3. The number of carbonyl (C=O) groups is 1. The van der Waals surface area contributed by atoms with E-state index in [4.69, 9.17) is 9.47 Å². The minimum atomic E-state index is -0.527. The molecule has 1 aliphatic heterocycles. The Labute approximate surface area is 171 Å². The molecule has 3 aromatic rings. The molecule has 1 fully saturated rings. The molecule has 4 rings (SSSR count). The van der Waals surface area contributed by atoms with Gasteiger partial charge in [-0.1, -0.05) is 42.5 Å². The van der Waals surface area contributed by atoms with Crippen molar-refractivity contribution in [1.82, 2.24) is 9.88 Å². The summed E-state index contributed by atoms with van der Waals surface area (Å²) in [7, 11) is 0. The van der Waals surface area contributed by atoms with Crippen LogP contribution < -0.4 is 4.74 Å². The Bertz CT molecular complexity index is 992. The first-order valence-electron chi connectivity index (χ1n) is 9.93. The van der Waals surface area contributed by atoms with Crippen molar-refractivity contribution < 1.29 is 14.3 Å². The lowest BCUT2D eigenvalue weighted by Gasteiger charge is -2.24. The van der Waals surface area contributed by atoms with E-state index in [1.54, 1.807) is 11.1 Å². The van der Waals surface area contributed by atoms with Gasteiger partial charge in [0.2, 0.25) is 0 Å². The lowest BCUT2D eigenvalue weighted by Crippen LogP contribution is -2.36. The highest BCUT2D eigenvalue weighted by molar-refractivity contribution is 5.87. The molecule has 1 amide bonds. The number of carbonyl (C=O) groups excluding carboxylic acids is 1. The first kappa shape index (κ1) is 19.2. The maximum absolute atomic E-state index is 12.7. The standard InChI is InChI=1S/C24H26N2O3/c1-24(2,3)29-23(27)26-15-20(17-8-5-4-6-9-17)22(16-26)28-21-11-7-10-18-14-25-13-12-19(18)21/h4-14,20,22H,15-16H2,1-3H3. The topological polar surface area (TPSA) is 51.7 Å². The van der Waals surface area contributed by atoms with Gasteiger partial charge < -0.3 is 14.4 Å². The minimum absolute atomic E-state index is 0.0702. The molecule has 0 radical (unpaired) electrons. The molecule has 5 heteroatoms. The molecule has 1 aliphatic rings. The summed E-state index contributed by atoms with van der Waals surface area (Å²) in [5, 5.41) is 2.05. The number of benzene rings is 2. The van der Waals surface area contributed by atoms with Crippen LogP contribution >= 0.6 is 0 Å². The summed E-state index contributed by atoms with van der Waals surface area (Å²) in [5.41, 5.74) is 0.631. The van der Waals surface area contributed by atoms with E-state index in [2.05, 4.69) is 17.1 Å². The van der Waals surface area contributed by atoms with E-state index in [0.29, 0.717) is 13.1 Å². The molecule has 1 aromatic heterocycles. The molecule has 0 saturated carbocycles. The van der Waals surface area contributed by atoms with Crippen LogP contribution in [0.3, 0.4) is 0 Å². The van der Waals surface area contributed by atoms with Crippen LogP contribution in [-0.4, -0.2) is 40.8 Å². The fourth-order valence-corrected chi connectivity index (χ4v) is 3.75. The molecule has 0 bridgehead atoms. The van der Waals surface area contributed by atoms with Gasteiger partial charge in [-0.15, -0.1) is 0 Å². The molecular formula is C24H26N2O3. The Morgan fingerprint density at radius 3 is 2.59 bits per heavy atom. The zero-order chi connectivity index (χ0) is 20.4. The summed E-state index contributed by atoms with van der Waals surface area (Å²) in [6.45, 7) is 6.70. The maximum atomic E-state index is 12.7. The fourth-order valence-electron chi connectivity index (χ4n) is 3.75. The lowest BCUT2D eigenvalue weighted by atomic mass is 9.96. The average Bonchev–Trinajstić information content (AvgIpc) is 3.12. The van der Waals surface area contributed by atoms with Crippen LogP contribution in [0, 0.1) is 0 Å². The molecule has 0 spiro atoms. The number of hydrogen-bond acceptors (Lipinski definition) is 4. The predicted molar refractivity (Wildman–Crippen MR) is 113 cm³/mol. The number of pyridine rings is 1. The van der Waals surface area contributed by atoms with Crippen molar-refractivity contribution in [2.45, 2.75) is 38.4 Å². The van der Waals surface area contributed by atoms with Gasteiger partial charge >= 0.3 is 6.09 Å². The molecule has 2 heterocycles. The van der Waals surface area contributed by atoms with E-state index in [1.165, 1.54) is 0 Å². The van der Waals surface area contributed by atoms with Crippen molar-refractivity contribution in [2.24, 2.45) is 0 Å². The van der Waals surface area contributed by atoms with Crippen LogP contribution in [0.4, 0.5) is 4.79 Å². The van der Waals surface area contributed by atoms with Crippen LogP contribution in [0.15, 0.2) is 67.0 Å². The quantitative estimate of drug-likeness (QED) is 0.630. The summed E-state index contributed by atoms with van der Waals surface area (Å²) >= 11 is 0. The number of hydrogen-bond donors (Lipinski definition) is 0. The second-order valence-electron chi connectivity index (χ2n) is 8.41. The van der Waals surface area contributed by atoms with Gasteiger partial charge in [0.25, 0.3) is 0 Å². The monoisotopic (exact) mass is 390 g/mol. The van der Waals surface area contributed by atoms with Crippen LogP contribution in [0.2, 0.25) is 0 Å². The van der Waals surface area contributed by atoms with E-state index in [9.17, 15) is 4.79 Å². The third kappa shape index (κ3) is 4.34. The largest absolute Gasteiger partial charge is 0.487 e. The molecule has 150 valence electrons. The number of aromatic nitrogens is 1. The van der Waals surface area contributed by atoms with Crippen molar-refractivity contribution in [2.75, 3.05) is 13.1 Å². The van der Waals surface area contributed by atoms with Crippen molar-refractivity contribution in [3.63, 3.8) is 0 Å². The molecular weight excluding hydrogens is 364 g/mol. The lowest BCUT2D eigenvalue weighted by molar-refractivity contribution is 0.0275. The van der Waals surface area contributed by atoms with E-state index >= 15 is 0 Å². The Kier molecular flexibility index (Phi) is 5.14. The molecule has 0 N–H and O–H groups in total. The Hall–Kier alpha value is -3.08. The number of nitrogens with zero attached hydrogens (tertiary/aromatic N) is 2. The Balaban J connectivity index is 1.62. The second-order valence-corrected chi connectivity index (χ2v) is 8.41. The van der Waals surface area contributed by atoms with Crippen molar-refractivity contribution in [3.05, 3.63) is 72.6 Å². The number of amides is 1. The van der Waals surface area contributed by atoms with Crippen LogP contribution in [0.5, 0.6) is 5.75 Å². The highest BCUT2D eigenvalue weighted by Gasteiger charge is 2.39. The zero-order valence-electron chi connectivity index (χ0n) is 17.0. The number of fused-ring (bicyclic) bond motifs is 1. The summed E-state index contributed by atoms with van der Waals surface area (Å²) < 4.78 is 12.1. The third-order valence-electron chi connectivity index (χ3n) is 5.06. The predicted octanol–water partition coefficient (Wildman–Crippen LogP) is 5.02. The summed E-state index contributed by atoms with van der Waals surface area (Å²) in [6, 6.07) is 18.1. The summed E-state index contributed by atoms with van der Waals surface area (Å²) in [4.78, 5) is 18.6. The van der Waals surface area contributed by atoms with Gasteiger partial charge in [0.1, 0.15) is 17.5 Å². The second kappa shape index (κ2) is 7.74. The third-order valence-corrected chi connectivity index (χ3v) is 5.06. The van der Waals surface area contributed by atoms with Crippen molar-refractivity contribution >= 4 is 16.9 Å². The van der Waals surface area contributed by atoms with Gasteiger partial charge in [-0.2, -0.15) is 0 Å². The number of rotatable bonds is 3. The molecule has 1 saturated heterocycles. The van der Waals surface area contributed by atoms with Gasteiger partial charge in [-0.3, -0.25) is 4.98 Å². The van der Waals surface area contributed by atoms with E-state index in [1.807, 2.05) is 69.4 Å². The van der Waals surface area contributed by atoms with Gasteiger partial charge in [-0.05, 0) is 38.5 Å². The minimum Gasteiger partial charge on any atom is -0.487 e. The summed E-state index contributed by atoms with van der Waals surface area (Å²) in [6.07, 6.45) is 3.14. The van der Waals surface area contributed by atoms with Crippen LogP contribution in [0.25, 0.3) is 10.8 Å². The smallest absolute Gasteiger partial charge is 0.410 e. The van der Waals surface area contributed by atoms with E-state index < -0.39 is 5.60 Å². The van der Waals surface area contributed by atoms with Crippen molar-refractivity contribution in [3.8, 4) is 5.75 Å². The first-order valence-corrected chi connectivity index (χ1v) is 9.93. The SMILES string of the molecule is CC(C)(C)OC(=O)N1CC(Oc2cccc3cnccc23)C(c2ccccc2)C1. The maximum Gasteiger partial charge on any atom is 0.410 e. The van der Waals surface area contributed by atoms with Crippen molar-refractivity contribution in [1.29, 1.82) is 0 Å². The Morgan fingerprint density at radius 2 is 1.83 bits per heavy atom. The number of ether oxygens (including phenoxy) is 2. The zero-order valence-corrected chi connectivity index (χ0v) is 17.0. The Morgan fingerprint density at radius 1 is 1.03 bits per heavy atom. The highest BCUT2D eigenvalue weighted by Crippen LogP contribution is 2.34. The van der Waals surface area contributed by atoms with Gasteiger partial charge in [-0.25, -0.2) is 4.79 Å². The van der Waals surface area contributed by atoms with Gasteiger partial charge in [0, 0.05) is 35.6 Å². The van der Waals surface area contributed by atoms with Gasteiger partial charge in [0.15, 0.2) is 0 Å². The van der Waals surface area contributed by atoms with E-state index in [-0.39, 0.29) is 18.1 Å². The average molecular weight is 390 g/mol. The molecule has 2 aromatic carbocycles. The van der Waals surface area contributed by atoms with Gasteiger partial charge in [0.05, 0.1) is 6.54 Å².